The van der Waals surface area contributed by atoms with Crippen molar-refractivity contribution in [2.24, 2.45) is 49.4 Å². The van der Waals surface area contributed by atoms with Crippen LogP contribution in [0.2, 0.25) is 0 Å². The van der Waals surface area contributed by atoms with E-state index in [4.69, 9.17) is 53.3 Å². The number of nitrogens with one attached hydrogen (secondary N) is 8. The van der Waals surface area contributed by atoms with Crippen molar-refractivity contribution >= 4 is 36.7 Å². The summed E-state index contributed by atoms with van der Waals surface area (Å²) in [4.78, 5) is 48.6. The summed E-state index contributed by atoms with van der Waals surface area (Å²) in [6, 6.07) is -5.28. The lowest BCUT2D eigenvalue weighted by atomic mass is 9.83. The fourth-order valence-electron chi connectivity index (χ4n) is 8.07. The minimum absolute atomic E-state index is 0.0456. The number of aliphatic imine (C=N–C) groups is 3. The first-order valence-electron chi connectivity index (χ1n) is 22.5. The maximum atomic E-state index is 12.6. The summed E-state index contributed by atoms with van der Waals surface area (Å²) in [5, 5.41) is 41.2. The Morgan fingerprint density at radius 2 is 1.15 bits per heavy atom. The highest BCUT2D eigenvalue weighted by Gasteiger charge is 2.52. The molecule has 16 atom stereocenters. The van der Waals surface area contributed by atoms with E-state index in [1.165, 1.54) is 6.92 Å². The molecule has 9 unspecified atom stereocenters. The Hall–Kier alpha value is -3.78. The fourth-order valence-corrected chi connectivity index (χ4v) is 8.07. The van der Waals surface area contributed by atoms with Crippen molar-refractivity contribution in [2.75, 3.05) is 40.3 Å². The van der Waals surface area contributed by atoms with Crippen LogP contribution in [0.5, 0.6) is 0 Å². The third-order valence-electron chi connectivity index (χ3n) is 11.9. The topological polar surface area (TPSA) is 438 Å². The normalized spacial score (nSPS) is 32.0. The van der Waals surface area contributed by atoms with Crippen LogP contribution < -0.4 is 77.6 Å². The number of nitrogens with zero attached hydrogens (tertiary/aromatic N) is 3. The average Bonchev–Trinajstić information content (AvgIpc) is 3.28. The lowest BCUT2D eigenvalue weighted by Crippen LogP contribution is -2.71. The highest BCUT2D eigenvalue weighted by atomic mass is 16.7. The molecule has 0 radical (unpaired) electrons. The summed E-state index contributed by atoms with van der Waals surface area (Å²) in [7, 11) is 3.39. The van der Waals surface area contributed by atoms with E-state index in [0.717, 1.165) is 18.9 Å². The van der Waals surface area contributed by atoms with Gasteiger partial charge in [0.2, 0.25) is 0 Å². The Morgan fingerprint density at radius 1 is 0.712 bits per heavy atom. The largest absolute Gasteiger partial charge is 0.388 e. The second-order valence-electron chi connectivity index (χ2n) is 17.2. The molecule has 3 rings (SSSR count). The molecule has 0 bridgehead atoms. The van der Waals surface area contributed by atoms with Crippen LogP contribution in [0.3, 0.4) is 0 Å². The standard InChI is InChI=1S/C39H79N17O10/c1-21(46-3)28-12-11-25(54-51-22(17-57)8-5-13-48-36(40)41)34(64-28)65-31-26(55-52-23(18-58)9-6-14-49-37(42)43)16-27(56-53-24(19-59)10-7-15-50-38(44)45)32(29(31)60)66-35-30(61)33(47-4)39(2,62)20-63-35/h17-19,21-35,46-47,51-56,60-62H,5-16,20H2,1-4H3,(H4,40,41,48)(H4,42,43,49)(H4,44,45,50)/t21?,22-,23-,24-,25?,26?,27-,28?,29?,30?,31?,32-,33+,34-,35?,39?/m1/s1. The van der Waals surface area contributed by atoms with Crippen LogP contribution in [0, 0.1) is 0 Å². The number of hydrazine groups is 3. The monoisotopic (exact) mass is 946 g/mol. The highest BCUT2D eigenvalue weighted by molar-refractivity contribution is 5.76. The predicted octanol–water partition coefficient (Wildman–Crippen LogP) is -7.06. The van der Waals surface area contributed by atoms with Gasteiger partial charge in [-0.3, -0.25) is 25.8 Å². The molecule has 0 amide bonds. The van der Waals surface area contributed by atoms with Crippen LogP contribution in [-0.2, 0) is 33.3 Å². The minimum Gasteiger partial charge on any atom is -0.388 e. The number of carbonyl (C=O) groups is 3. The molecule has 0 aromatic carbocycles. The summed E-state index contributed by atoms with van der Waals surface area (Å²) in [5.74, 6) is -0.194. The molecule has 66 heavy (non-hydrogen) atoms. The summed E-state index contributed by atoms with van der Waals surface area (Å²) in [5.41, 5.74) is 50.1. The Morgan fingerprint density at radius 3 is 1.56 bits per heavy atom. The van der Waals surface area contributed by atoms with Gasteiger partial charge in [-0.15, -0.1) is 0 Å². The van der Waals surface area contributed by atoms with E-state index in [1.807, 2.05) is 14.0 Å². The number of rotatable bonds is 31. The van der Waals surface area contributed by atoms with Gasteiger partial charge in [0.1, 0.15) is 48.9 Å². The number of aliphatic hydroxyl groups excluding tert-OH is 2. The van der Waals surface area contributed by atoms with E-state index in [2.05, 4.69) is 58.2 Å². The number of guanidine groups is 3. The van der Waals surface area contributed by atoms with E-state index in [1.54, 1.807) is 7.05 Å². The number of ether oxygens (including phenoxy) is 4. The van der Waals surface area contributed by atoms with Crippen molar-refractivity contribution in [1.82, 2.24) is 43.2 Å². The predicted molar refractivity (Wildman–Crippen MR) is 245 cm³/mol. The van der Waals surface area contributed by atoms with Gasteiger partial charge in [0.25, 0.3) is 0 Å². The third kappa shape index (κ3) is 18.4. The zero-order valence-corrected chi connectivity index (χ0v) is 38.6. The van der Waals surface area contributed by atoms with Crippen LogP contribution in [0.15, 0.2) is 15.0 Å². The molecule has 0 aromatic heterocycles. The molecule has 23 N–H and O–H groups in total. The maximum absolute atomic E-state index is 12.6. The van der Waals surface area contributed by atoms with Crippen molar-refractivity contribution in [3.05, 3.63) is 0 Å². The van der Waals surface area contributed by atoms with Gasteiger partial charge in [0, 0.05) is 25.7 Å². The summed E-state index contributed by atoms with van der Waals surface area (Å²) in [6.45, 7) is 4.17. The molecule has 2 saturated heterocycles. The van der Waals surface area contributed by atoms with Crippen LogP contribution in [0.4, 0.5) is 0 Å². The second kappa shape index (κ2) is 29.2. The molecule has 27 heteroatoms. The molecule has 2 heterocycles. The van der Waals surface area contributed by atoms with Crippen LogP contribution in [-0.4, -0.2) is 189 Å². The van der Waals surface area contributed by atoms with Crippen molar-refractivity contribution in [1.29, 1.82) is 0 Å². The second-order valence-corrected chi connectivity index (χ2v) is 17.2. The molecule has 0 aromatic rings. The lowest BCUT2D eigenvalue weighted by molar-refractivity contribution is -0.311. The fraction of sp³-hybridized carbons (Fsp3) is 0.846. The van der Waals surface area contributed by atoms with Gasteiger partial charge in [-0.1, -0.05) is 0 Å². The van der Waals surface area contributed by atoms with E-state index >= 15 is 0 Å². The lowest BCUT2D eigenvalue weighted by Gasteiger charge is -2.50. The third-order valence-corrected chi connectivity index (χ3v) is 11.9. The highest BCUT2D eigenvalue weighted by Crippen LogP contribution is 2.33. The quantitative estimate of drug-likeness (QED) is 0.0101. The number of hydrogen-bond acceptors (Lipinski definition) is 21. The molecule has 2 aliphatic heterocycles. The SMILES string of the molecule is CNC(C)C1CCC(NN[C@@H](C=O)CCCN=C(N)N)[C@@H](OC2C(NN[C@@H](C=O)CCCN=C(N)N)C[C@@H](NN[C@@H](C=O)CCCN=C(N)N)[C@@H](OC3OCC(C)(O)[C@@H](NC)C3O)C2O)O1. The summed E-state index contributed by atoms with van der Waals surface area (Å²) >= 11 is 0. The van der Waals surface area contributed by atoms with E-state index in [-0.39, 0.29) is 56.1 Å². The number of likely N-dealkylation sites (N-methyl/N-ethyl adjacent to an activating group) is 2. The van der Waals surface area contributed by atoms with Crippen LogP contribution in [0.1, 0.15) is 71.6 Å². The van der Waals surface area contributed by atoms with Crippen LogP contribution >= 0.6 is 0 Å². The van der Waals surface area contributed by atoms with Gasteiger partial charge in [-0.2, -0.15) is 0 Å². The number of hydrogen-bond donors (Lipinski definition) is 17. The van der Waals surface area contributed by atoms with Crippen molar-refractivity contribution in [3.63, 3.8) is 0 Å². The van der Waals surface area contributed by atoms with E-state index in [9.17, 15) is 29.7 Å². The molecular weight excluding hydrogens is 867 g/mol. The number of carbonyl (C=O) groups excluding carboxylic acids is 3. The van der Waals surface area contributed by atoms with Gasteiger partial charge >= 0.3 is 0 Å². The number of aliphatic hydroxyl groups is 3. The van der Waals surface area contributed by atoms with E-state index < -0.39 is 84.9 Å². The molecule has 3 fully saturated rings. The van der Waals surface area contributed by atoms with Gasteiger partial charge in [-0.25, -0.2) is 21.7 Å². The Balaban J connectivity index is 2.01. The first-order chi connectivity index (χ1) is 31.5. The molecule has 380 valence electrons. The van der Waals surface area contributed by atoms with Gasteiger partial charge in [0.15, 0.2) is 30.5 Å². The number of aldehydes is 3. The van der Waals surface area contributed by atoms with Crippen molar-refractivity contribution in [2.45, 2.75) is 169 Å². The van der Waals surface area contributed by atoms with Crippen molar-refractivity contribution < 1.29 is 48.7 Å². The summed E-state index contributed by atoms with van der Waals surface area (Å²) < 4.78 is 25.8. The average molecular weight is 946 g/mol. The molecular formula is C39H79N17O10. The van der Waals surface area contributed by atoms with E-state index in [0.29, 0.717) is 57.9 Å². The van der Waals surface area contributed by atoms with Gasteiger partial charge in [0.05, 0.1) is 55.0 Å². The Bertz CT molecular complexity index is 1530. The molecule has 27 nitrogen and oxygen atoms in total. The van der Waals surface area contributed by atoms with Gasteiger partial charge < -0.3 is 93.7 Å². The molecule has 0 spiro atoms. The molecule has 1 saturated carbocycles. The van der Waals surface area contributed by atoms with Crippen molar-refractivity contribution in [3.8, 4) is 0 Å². The first kappa shape index (κ1) is 56.5. The van der Waals surface area contributed by atoms with Crippen LogP contribution in [0.25, 0.3) is 0 Å². The molecule has 1 aliphatic carbocycles. The maximum Gasteiger partial charge on any atom is 0.185 e. The first-order valence-corrected chi connectivity index (χ1v) is 22.5. The Kier molecular flexibility index (Phi) is 25.0. The summed E-state index contributed by atoms with van der Waals surface area (Å²) in [6.07, 6.45) is -2.07. The zero-order valence-electron chi connectivity index (χ0n) is 38.6. The molecule has 3 aliphatic rings. The minimum atomic E-state index is -1.53. The smallest absolute Gasteiger partial charge is 0.185 e. The zero-order chi connectivity index (χ0) is 48.8. The number of nitrogens with two attached hydrogens (primary N) is 6. The Labute approximate surface area is 386 Å². The van der Waals surface area contributed by atoms with Gasteiger partial charge in [-0.05, 0) is 85.7 Å².